The van der Waals surface area contributed by atoms with Gasteiger partial charge in [0.05, 0.1) is 12.6 Å². The van der Waals surface area contributed by atoms with E-state index < -0.39 is 17.7 Å². The van der Waals surface area contributed by atoms with Crippen LogP contribution < -0.4 is 4.74 Å². The van der Waals surface area contributed by atoms with Gasteiger partial charge < -0.3 is 24.4 Å². The highest BCUT2D eigenvalue weighted by Crippen LogP contribution is 2.20. The van der Waals surface area contributed by atoms with E-state index in [1.807, 2.05) is 36.4 Å². The van der Waals surface area contributed by atoms with Crippen LogP contribution in [0.3, 0.4) is 0 Å². The van der Waals surface area contributed by atoms with Gasteiger partial charge in [0.15, 0.2) is 0 Å². The summed E-state index contributed by atoms with van der Waals surface area (Å²) >= 11 is 0. The van der Waals surface area contributed by atoms with Gasteiger partial charge in [0.1, 0.15) is 18.0 Å². The molecule has 1 fully saturated rings. The number of nitrogens with zero attached hydrogens (tertiary/aromatic N) is 2. The predicted molar refractivity (Wildman–Crippen MR) is 117 cm³/mol. The monoisotopic (exact) mass is 426 g/mol. The van der Waals surface area contributed by atoms with Crippen molar-refractivity contribution in [3.05, 3.63) is 65.7 Å². The molecule has 1 N–H and O–H groups in total. The predicted octanol–water partition coefficient (Wildman–Crippen LogP) is 3.32. The fourth-order valence-corrected chi connectivity index (χ4v) is 3.40. The summed E-state index contributed by atoms with van der Waals surface area (Å²) in [5.41, 5.74) is 0.923. The Hall–Kier alpha value is -3.06. The maximum absolute atomic E-state index is 13.1. The molecule has 1 unspecified atom stereocenters. The van der Waals surface area contributed by atoms with Crippen LogP contribution in [0.5, 0.6) is 5.75 Å². The van der Waals surface area contributed by atoms with Crippen molar-refractivity contribution in [1.29, 1.82) is 0 Å². The molecule has 2 aromatic rings. The van der Waals surface area contributed by atoms with Gasteiger partial charge in [-0.05, 0) is 44.5 Å². The molecule has 7 heteroatoms. The maximum atomic E-state index is 13.1. The van der Waals surface area contributed by atoms with Crippen molar-refractivity contribution in [2.45, 2.75) is 39.0 Å². The molecule has 0 saturated carbocycles. The van der Waals surface area contributed by atoms with Crippen molar-refractivity contribution in [2.24, 2.45) is 0 Å². The number of piperazine rings is 1. The van der Waals surface area contributed by atoms with Gasteiger partial charge >= 0.3 is 6.09 Å². The summed E-state index contributed by atoms with van der Waals surface area (Å²) < 4.78 is 11.2. The van der Waals surface area contributed by atoms with Crippen LogP contribution in [0.2, 0.25) is 0 Å². The second-order valence-corrected chi connectivity index (χ2v) is 8.56. The molecule has 1 aliphatic rings. The summed E-state index contributed by atoms with van der Waals surface area (Å²) in [6, 6.07) is 16.3. The number of amides is 2. The van der Waals surface area contributed by atoms with E-state index in [0.29, 0.717) is 31.0 Å². The first kappa shape index (κ1) is 22.6. The molecule has 1 aliphatic heterocycles. The Bertz CT molecular complexity index is 894. The Morgan fingerprint density at radius 1 is 1.06 bits per heavy atom. The molecule has 0 aliphatic carbocycles. The number of carbonyl (C=O) groups excluding carboxylic acids is 2. The first-order valence-electron chi connectivity index (χ1n) is 10.4. The average molecular weight is 427 g/mol. The Morgan fingerprint density at radius 3 is 2.48 bits per heavy atom. The van der Waals surface area contributed by atoms with Crippen LogP contribution in [0.4, 0.5) is 4.79 Å². The van der Waals surface area contributed by atoms with E-state index in [0.717, 1.165) is 5.56 Å². The molecule has 3 rings (SSSR count). The topological polar surface area (TPSA) is 79.3 Å². The summed E-state index contributed by atoms with van der Waals surface area (Å²) in [7, 11) is 0. The minimum absolute atomic E-state index is 0.201. The Kier molecular flexibility index (Phi) is 7.17. The average Bonchev–Trinajstić information content (AvgIpc) is 2.76. The highest BCUT2D eigenvalue weighted by atomic mass is 16.6. The molecular formula is C24H30N2O5. The van der Waals surface area contributed by atoms with Crippen LogP contribution in [0.1, 0.15) is 36.7 Å². The van der Waals surface area contributed by atoms with Gasteiger partial charge in [-0.3, -0.25) is 4.79 Å². The minimum Gasteiger partial charge on any atom is -0.489 e. The molecule has 166 valence electrons. The van der Waals surface area contributed by atoms with E-state index in [2.05, 4.69) is 0 Å². The zero-order valence-corrected chi connectivity index (χ0v) is 18.3. The molecule has 1 heterocycles. The highest BCUT2D eigenvalue weighted by molar-refractivity contribution is 5.95. The lowest BCUT2D eigenvalue weighted by Crippen LogP contribution is -2.58. The van der Waals surface area contributed by atoms with Crippen molar-refractivity contribution >= 4 is 12.0 Å². The van der Waals surface area contributed by atoms with E-state index in [4.69, 9.17) is 9.47 Å². The third-order valence-corrected chi connectivity index (χ3v) is 4.94. The molecule has 0 spiro atoms. The zero-order valence-electron chi connectivity index (χ0n) is 18.3. The summed E-state index contributed by atoms with van der Waals surface area (Å²) in [5.74, 6) is 0.399. The van der Waals surface area contributed by atoms with Crippen LogP contribution in [-0.4, -0.2) is 64.8 Å². The fourth-order valence-electron chi connectivity index (χ4n) is 3.40. The fraction of sp³-hybridized carbons (Fsp3) is 0.417. The SMILES string of the molecule is CC(C)(C)OC(=O)N1CCN(C(=O)c2cccc(OCc3ccccc3)c2)C(CO)C1. The van der Waals surface area contributed by atoms with Crippen LogP contribution in [0, 0.1) is 0 Å². The molecule has 7 nitrogen and oxygen atoms in total. The van der Waals surface area contributed by atoms with Gasteiger partial charge in [-0.2, -0.15) is 0 Å². The van der Waals surface area contributed by atoms with Crippen LogP contribution in [-0.2, 0) is 11.3 Å². The molecule has 2 aromatic carbocycles. The highest BCUT2D eigenvalue weighted by Gasteiger charge is 2.34. The molecule has 2 amide bonds. The van der Waals surface area contributed by atoms with E-state index >= 15 is 0 Å². The number of hydrogen-bond acceptors (Lipinski definition) is 5. The number of rotatable bonds is 5. The van der Waals surface area contributed by atoms with Gasteiger partial charge in [-0.25, -0.2) is 4.79 Å². The third-order valence-electron chi connectivity index (χ3n) is 4.94. The van der Waals surface area contributed by atoms with E-state index in [1.54, 1.807) is 43.9 Å². The molecular weight excluding hydrogens is 396 g/mol. The van der Waals surface area contributed by atoms with E-state index in [1.165, 1.54) is 4.90 Å². The standard InChI is InChI=1S/C24H30N2O5/c1-24(2,3)31-23(29)25-12-13-26(20(15-25)16-27)22(28)19-10-7-11-21(14-19)30-17-18-8-5-4-6-9-18/h4-11,14,20,27H,12-13,15-17H2,1-3H3. The number of aliphatic hydroxyl groups is 1. The van der Waals surface area contributed by atoms with Crippen molar-refractivity contribution in [1.82, 2.24) is 9.80 Å². The summed E-state index contributed by atoms with van der Waals surface area (Å²) in [5, 5.41) is 9.86. The first-order valence-corrected chi connectivity index (χ1v) is 10.4. The van der Waals surface area contributed by atoms with Gasteiger partial charge in [-0.1, -0.05) is 36.4 Å². The largest absolute Gasteiger partial charge is 0.489 e. The first-order chi connectivity index (χ1) is 14.8. The number of aliphatic hydroxyl groups excluding tert-OH is 1. The van der Waals surface area contributed by atoms with Crippen molar-refractivity contribution in [3.8, 4) is 5.75 Å². The summed E-state index contributed by atoms with van der Waals surface area (Å²) in [6.45, 7) is 6.48. The van der Waals surface area contributed by atoms with Crippen LogP contribution in [0.25, 0.3) is 0 Å². The normalized spacial score (nSPS) is 16.7. The van der Waals surface area contributed by atoms with Crippen LogP contribution >= 0.6 is 0 Å². The second kappa shape index (κ2) is 9.83. The lowest BCUT2D eigenvalue weighted by atomic mass is 10.1. The molecule has 0 aromatic heterocycles. The lowest BCUT2D eigenvalue weighted by Gasteiger charge is -2.41. The maximum Gasteiger partial charge on any atom is 0.410 e. The van der Waals surface area contributed by atoms with Crippen molar-refractivity contribution in [2.75, 3.05) is 26.2 Å². The molecule has 0 radical (unpaired) electrons. The van der Waals surface area contributed by atoms with E-state index in [-0.39, 0.29) is 19.1 Å². The molecule has 0 bridgehead atoms. The minimum atomic E-state index is -0.598. The molecule has 1 saturated heterocycles. The summed E-state index contributed by atoms with van der Waals surface area (Å²) in [6.07, 6.45) is -0.436. The Labute approximate surface area is 183 Å². The quantitative estimate of drug-likeness (QED) is 0.794. The van der Waals surface area contributed by atoms with Crippen molar-refractivity contribution < 1.29 is 24.2 Å². The summed E-state index contributed by atoms with van der Waals surface area (Å²) in [4.78, 5) is 28.6. The number of carbonyl (C=O) groups is 2. The van der Waals surface area contributed by atoms with Gasteiger partial charge in [-0.15, -0.1) is 0 Å². The molecule has 31 heavy (non-hydrogen) atoms. The van der Waals surface area contributed by atoms with E-state index in [9.17, 15) is 14.7 Å². The smallest absolute Gasteiger partial charge is 0.410 e. The third kappa shape index (κ3) is 6.21. The second-order valence-electron chi connectivity index (χ2n) is 8.56. The Balaban J connectivity index is 1.64. The van der Waals surface area contributed by atoms with Gasteiger partial charge in [0.25, 0.3) is 5.91 Å². The Morgan fingerprint density at radius 2 is 1.81 bits per heavy atom. The van der Waals surface area contributed by atoms with Crippen molar-refractivity contribution in [3.63, 3.8) is 0 Å². The number of benzene rings is 2. The van der Waals surface area contributed by atoms with Gasteiger partial charge in [0.2, 0.25) is 0 Å². The molecule has 1 atom stereocenters. The zero-order chi connectivity index (χ0) is 22.4. The lowest BCUT2D eigenvalue weighted by molar-refractivity contribution is -0.00243. The number of hydrogen-bond donors (Lipinski definition) is 1. The van der Waals surface area contributed by atoms with Crippen LogP contribution in [0.15, 0.2) is 54.6 Å². The number of ether oxygens (including phenoxy) is 2. The van der Waals surface area contributed by atoms with Gasteiger partial charge in [0, 0.05) is 25.2 Å².